The van der Waals surface area contributed by atoms with Gasteiger partial charge >= 0.3 is 0 Å². The van der Waals surface area contributed by atoms with Crippen LogP contribution in [0.1, 0.15) is 29.4 Å². The molecule has 2 rings (SSSR count). The van der Waals surface area contributed by atoms with Gasteiger partial charge in [0.15, 0.2) is 0 Å². The highest BCUT2D eigenvalue weighted by Crippen LogP contribution is 2.18. The fourth-order valence-electron chi connectivity index (χ4n) is 1.66. The normalized spacial score (nSPS) is 10.2. The maximum Gasteiger partial charge on any atom is 0.253 e. The number of carbonyl (C=O) groups excluding carboxylic acids is 1. The second-order valence-corrected chi connectivity index (χ2v) is 4.78. The number of aromatic nitrogens is 3. The molecule has 0 unspecified atom stereocenters. The summed E-state index contributed by atoms with van der Waals surface area (Å²) in [5.74, 6) is 0.360. The zero-order valence-corrected chi connectivity index (χ0v) is 12.4. The monoisotopic (exact) mass is 305 g/mol. The molecule has 0 atom stereocenters. The average Bonchev–Trinajstić information content (AvgIpc) is 2.53. The lowest BCUT2D eigenvalue weighted by Crippen LogP contribution is -2.24. The summed E-state index contributed by atoms with van der Waals surface area (Å²) in [4.78, 5) is 16.3. The lowest BCUT2D eigenvalue weighted by Gasteiger charge is -2.09. The van der Waals surface area contributed by atoms with E-state index in [2.05, 4.69) is 32.7 Å². The first kappa shape index (κ1) is 15.2. The summed E-state index contributed by atoms with van der Waals surface area (Å²) in [5.41, 5.74) is 1.06. The van der Waals surface area contributed by atoms with Gasteiger partial charge in [0.1, 0.15) is 5.82 Å². The fourth-order valence-corrected chi connectivity index (χ4v) is 1.85. The average molecular weight is 306 g/mol. The highest BCUT2D eigenvalue weighted by Gasteiger charge is 2.12. The second kappa shape index (κ2) is 7.54. The van der Waals surface area contributed by atoms with E-state index < -0.39 is 0 Å². The molecule has 1 amide bonds. The van der Waals surface area contributed by atoms with E-state index in [1.54, 1.807) is 24.4 Å². The van der Waals surface area contributed by atoms with Crippen molar-refractivity contribution < 1.29 is 4.79 Å². The van der Waals surface area contributed by atoms with Crippen LogP contribution in [0.4, 0.5) is 5.82 Å². The van der Waals surface area contributed by atoms with E-state index in [0.717, 1.165) is 13.0 Å². The van der Waals surface area contributed by atoms with Crippen molar-refractivity contribution in [1.29, 1.82) is 0 Å². The first-order valence-electron chi connectivity index (χ1n) is 6.65. The number of nitrogens with zero attached hydrogens (tertiary/aromatic N) is 3. The van der Waals surface area contributed by atoms with E-state index in [1.807, 2.05) is 0 Å². The van der Waals surface area contributed by atoms with Crippen LogP contribution in [0.25, 0.3) is 0 Å². The fraction of sp³-hybridized carbons (Fsp3) is 0.286. The maximum absolute atomic E-state index is 12.2. The van der Waals surface area contributed by atoms with Gasteiger partial charge in [0.25, 0.3) is 5.91 Å². The Morgan fingerprint density at radius 1 is 1.43 bits per heavy atom. The number of hydrogen-bond donors (Lipinski definition) is 2. The standard InChI is InChI=1S/C14H16ClN5O/c1-2-5-16-13-7-11(12(15)9-17-13)14(21)18-8-10-4-3-6-19-20-10/h3-4,6-7,9H,2,5,8H2,1H3,(H,16,17)(H,18,21). The first-order chi connectivity index (χ1) is 10.2. The SMILES string of the molecule is CCCNc1cc(C(=O)NCc2cccnn2)c(Cl)cn1. The summed E-state index contributed by atoms with van der Waals surface area (Å²) in [6.07, 6.45) is 4.02. The van der Waals surface area contributed by atoms with Gasteiger partial charge in [0.2, 0.25) is 0 Å². The molecule has 0 aromatic carbocycles. The molecular formula is C14H16ClN5O. The third kappa shape index (κ3) is 4.39. The van der Waals surface area contributed by atoms with Crippen LogP contribution >= 0.6 is 11.6 Å². The molecule has 0 bridgehead atoms. The maximum atomic E-state index is 12.2. The van der Waals surface area contributed by atoms with E-state index in [4.69, 9.17) is 11.6 Å². The van der Waals surface area contributed by atoms with Crippen molar-refractivity contribution in [3.63, 3.8) is 0 Å². The van der Waals surface area contributed by atoms with Gasteiger partial charge in [-0.2, -0.15) is 10.2 Å². The van der Waals surface area contributed by atoms with E-state index in [1.165, 1.54) is 6.20 Å². The molecule has 0 radical (unpaired) electrons. The summed E-state index contributed by atoms with van der Waals surface area (Å²) in [5, 5.41) is 13.8. The summed E-state index contributed by atoms with van der Waals surface area (Å²) in [6, 6.07) is 5.19. The van der Waals surface area contributed by atoms with Crippen molar-refractivity contribution in [3.8, 4) is 0 Å². The predicted molar refractivity (Wildman–Crippen MR) is 81.2 cm³/mol. The molecule has 6 nitrogen and oxygen atoms in total. The Balaban J connectivity index is 2.04. The minimum atomic E-state index is -0.271. The van der Waals surface area contributed by atoms with Crippen LogP contribution in [0.2, 0.25) is 5.02 Å². The Kier molecular flexibility index (Phi) is 5.45. The van der Waals surface area contributed by atoms with Gasteiger partial charge in [-0.15, -0.1) is 0 Å². The minimum absolute atomic E-state index is 0.271. The molecule has 0 fully saturated rings. The third-order valence-electron chi connectivity index (χ3n) is 2.71. The van der Waals surface area contributed by atoms with Gasteiger partial charge in [-0.25, -0.2) is 4.98 Å². The number of anilines is 1. The van der Waals surface area contributed by atoms with Crippen molar-refractivity contribution >= 4 is 23.3 Å². The highest BCUT2D eigenvalue weighted by atomic mass is 35.5. The number of carbonyl (C=O) groups is 1. The number of rotatable bonds is 6. The Labute approximate surface area is 128 Å². The molecule has 0 aliphatic heterocycles. The summed E-state index contributed by atoms with van der Waals surface area (Å²) < 4.78 is 0. The molecule has 21 heavy (non-hydrogen) atoms. The molecule has 7 heteroatoms. The van der Waals surface area contributed by atoms with Crippen molar-refractivity contribution in [2.24, 2.45) is 0 Å². The van der Waals surface area contributed by atoms with Crippen LogP contribution in [0, 0.1) is 0 Å². The molecule has 2 N–H and O–H groups in total. The van der Waals surface area contributed by atoms with Crippen LogP contribution in [0.15, 0.2) is 30.6 Å². The molecule has 0 aliphatic carbocycles. The number of nitrogens with one attached hydrogen (secondary N) is 2. The molecule has 0 aliphatic rings. The second-order valence-electron chi connectivity index (χ2n) is 4.37. The molecule has 0 saturated carbocycles. The van der Waals surface area contributed by atoms with Crippen molar-refractivity contribution in [2.75, 3.05) is 11.9 Å². The number of amides is 1. The van der Waals surface area contributed by atoms with E-state index >= 15 is 0 Å². The van der Waals surface area contributed by atoms with Crippen LogP contribution in [0.5, 0.6) is 0 Å². The molecular weight excluding hydrogens is 290 g/mol. The number of hydrogen-bond acceptors (Lipinski definition) is 5. The van der Waals surface area contributed by atoms with Crippen LogP contribution in [0.3, 0.4) is 0 Å². The molecule has 2 heterocycles. The number of pyridine rings is 1. The van der Waals surface area contributed by atoms with Gasteiger partial charge in [0, 0.05) is 18.9 Å². The van der Waals surface area contributed by atoms with Crippen LogP contribution < -0.4 is 10.6 Å². The summed E-state index contributed by atoms with van der Waals surface area (Å²) >= 11 is 6.03. The largest absolute Gasteiger partial charge is 0.370 e. The predicted octanol–water partition coefficient (Wildman–Crippen LogP) is 2.28. The van der Waals surface area contributed by atoms with E-state index in [-0.39, 0.29) is 5.91 Å². The topological polar surface area (TPSA) is 79.8 Å². The Morgan fingerprint density at radius 3 is 3.00 bits per heavy atom. The third-order valence-corrected chi connectivity index (χ3v) is 3.01. The minimum Gasteiger partial charge on any atom is -0.370 e. The van der Waals surface area contributed by atoms with Crippen molar-refractivity contribution in [1.82, 2.24) is 20.5 Å². The van der Waals surface area contributed by atoms with Crippen LogP contribution in [-0.2, 0) is 6.54 Å². The zero-order valence-electron chi connectivity index (χ0n) is 11.6. The molecule has 2 aromatic rings. The number of halogens is 1. The summed E-state index contributed by atoms with van der Waals surface area (Å²) in [6.45, 7) is 3.13. The zero-order chi connectivity index (χ0) is 15.1. The Bertz CT molecular complexity index is 606. The van der Waals surface area contributed by atoms with Crippen molar-refractivity contribution in [2.45, 2.75) is 19.9 Å². The highest BCUT2D eigenvalue weighted by molar-refractivity contribution is 6.33. The summed E-state index contributed by atoms with van der Waals surface area (Å²) in [7, 11) is 0. The Morgan fingerprint density at radius 2 is 2.29 bits per heavy atom. The molecule has 0 saturated heterocycles. The molecule has 0 spiro atoms. The molecule has 2 aromatic heterocycles. The first-order valence-corrected chi connectivity index (χ1v) is 7.02. The van der Waals surface area contributed by atoms with E-state index in [0.29, 0.717) is 28.6 Å². The van der Waals surface area contributed by atoms with Gasteiger partial charge in [-0.05, 0) is 24.6 Å². The lowest BCUT2D eigenvalue weighted by atomic mass is 10.2. The van der Waals surface area contributed by atoms with Crippen molar-refractivity contribution in [3.05, 3.63) is 46.9 Å². The van der Waals surface area contributed by atoms with E-state index in [9.17, 15) is 4.79 Å². The van der Waals surface area contributed by atoms with Gasteiger partial charge in [0.05, 0.1) is 22.8 Å². The van der Waals surface area contributed by atoms with Gasteiger partial charge in [-0.1, -0.05) is 18.5 Å². The van der Waals surface area contributed by atoms with Gasteiger partial charge in [-0.3, -0.25) is 4.79 Å². The smallest absolute Gasteiger partial charge is 0.253 e. The molecule has 110 valence electrons. The lowest BCUT2D eigenvalue weighted by molar-refractivity contribution is 0.0950. The van der Waals surface area contributed by atoms with Crippen LogP contribution in [-0.4, -0.2) is 27.6 Å². The Hall–Kier alpha value is -2.21. The van der Waals surface area contributed by atoms with Gasteiger partial charge < -0.3 is 10.6 Å². The quantitative estimate of drug-likeness (QED) is 0.856.